The van der Waals surface area contributed by atoms with Crippen molar-refractivity contribution in [1.82, 2.24) is 10.0 Å². The van der Waals surface area contributed by atoms with Gasteiger partial charge in [-0.3, -0.25) is 0 Å². The molecule has 0 aliphatic rings. The minimum atomic E-state index is -3.63. The fourth-order valence-corrected chi connectivity index (χ4v) is 3.23. The van der Waals surface area contributed by atoms with Crippen LogP contribution < -0.4 is 20.1 Å². The number of amides is 2. The standard InChI is InChI=1S/C18H23N3O4S/c1-13-4-5-15(12-14(13)2)21-18(22)19-10-11-20-26(23,24)17-8-6-16(25-3)7-9-17/h4-9,12,20H,10-11H2,1-3H3,(H2,19,21,22). The molecular formula is C18H23N3O4S. The van der Waals surface area contributed by atoms with Gasteiger partial charge in [0.05, 0.1) is 12.0 Å². The van der Waals surface area contributed by atoms with E-state index in [0.29, 0.717) is 11.4 Å². The lowest BCUT2D eigenvalue weighted by Crippen LogP contribution is -2.36. The molecule has 0 bridgehead atoms. The third kappa shape index (κ3) is 5.47. The highest BCUT2D eigenvalue weighted by atomic mass is 32.2. The second-order valence-corrected chi connectivity index (χ2v) is 7.52. The molecule has 3 N–H and O–H groups in total. The van der Waals surface area contributed by atoms with Crippen molar-refractivity contribution < 1.29 is 17.9 Å². The highest BCUT2D eigenvalue weighted by molar-refractivity contribution is 7.89. The molecule has 0 unspecified atom stereocenters. The summed E-state index contributed by atoms with van der Waals surface area (Å²) < 4.78 is 31.8. The molecule has 0 fully saturated rings. The number of hydrogen-bond acceptors (Lipinski definition) is 4. The molecule has 2 amide bonds. The third-order valence-electron chi connectivity index (χ3n) is 3.84. The van der Waals surface area contributed by atoms with Crippen LogP contribution >= 0.6 is 0 Å². The van der Waals surface area contributed by atoms with Gasteiger partial charge in [0, 0.05) is 18.8 Å². The maximum atomic E-state index is 12.2. The van der Waals surface area contributed by atoms with Crippen LogP contribution in [0.3, 0.4) is 0 Å². The van der Waals surface area contributed by atoms with Gasteiger partial charge in [0.2, 0.25) is 10.0 Å². The number of anilines is 1. The first-order valence-electron chi connectivity index (χ1n) is 8.07. The van der Waals surface area contributed by atoms with Crippen LogP contribution in [0.15, 0.2) is 47.4 Å². The summed E-state index contributed by atoms with van der Waals surface area (Å²) in [7, 11) is -2.12. The van der Waals surface area contributed by atoms with Crippen molar-refractivity contribution in [2.45, 2.75) is 18.7 Å². The number of hydrogen-bond donors (Lipinski definition) is 3. The zero-order valence-electron chi connectivity index (χ0n) is 15.0. The van der Waals surface area contributed by atoms with E-state index >= 15 is 0 Å². The zero-order valence-corrected chi connectivity index (χ0v) is 15.8. The van der Waals surface area contributed by atoms with Crippen LogP contribution in [0.25, 0.3) is 0 Å². The maximum absolute atomic E-state index is 12.2. The number of ether oxygens (including phenoxy) is 1. The number of aryl methyl sites for hydroxylation is 2. The van der Waals surface area contributed by atoms with Crippen LogP contribution in [-0.4, -0.2) is 34.6 Å². The molecule has 7 nitrogen and oxygen atoms in total. The van der Waals surface area contributed by atoms with E-state index in [1.807, 2.05) is 32.0 Å². The van der Waals surface area contributed by atoms with Gasteiger partial charge in [0.1, 0.15) is 5.75 Å². The summed E-state index contributed by atoms with van der Waals surface area (Å²) >= 11 is 0. The Morgan fingerprint density at radius 2 is 1.69 bits per heavy atom. The number of carbonyl (C=O) groups is 1. The van der Waals surface area contributed by atoms with Gasteiger partial charge in [-0.15, -0.1) is 0 Å². The first-order valence-corrected chi connectivity index (χ1v) is 9.56. The normalized spacial score (nSPS) is 11.0. The van der Waals surface area contributed by atoms with E-state index in [1.165, 1.54) is 19.2 Å². The van der Waals surface area contributed by atoms with Gasteiger partial charge in [0.15, 0.2) is 0 Å². The van der Waals surface area contributed by atoms with E-state index in [0.717, 1.165) is 11.1 Å². The quantitative estimate of drug-likeness (QED) is 0.646. The summed E-state index contributed by atoms with van der Waals surface area (Å²) in [5.74, 6) is 0.577. The SMILES string of the molecule is COc1ccc(S(=O)(=O)NCCNC(=O)Nc2ccc(C)c(C)c2)cc1. The monoisotopic (exact) mass is 377 g/mol. The van der Waals surface area contributed by atoms with E-state index in [2.05, 4.69) is 15.4 Å². The molecule has 2 aromatic rings. The molecule has 0 saturated carbocycles. The highest BCUT2D eigenvalue weighted by Crippen LogP contribution is 2.15. The fraction of sp³-hybridized carbons (Fsp3) is 0.278. The Morgan fingerprint density at radius 3 is 2.31 bits per heavy atom. The van der Waals surface area contributed by atoms with Crippen molar-refractivity contribution in [3.63, 3.8) is 0 Å². The van der Waals surface area contributed by atoms with Crippen molar-refractivity contribution in [3.05, 3.63) is 53.6 Å². The van der Waals surface area contributed by atoms with Crippen LogP contribution in [0.1, 0.15) is 11.1 Å². The summed E-state index contributed by atoms with van der Waals surface area (Å²) in [6.45, 7) is 4.20. The molecule has 0 spiro atoms. The second-order valence-electron chi connectivity index (χ2n) is 5.75. The lowest BCUT2D eigenvalue weighted by molar-refractivity contribution is 0.252. The summed E-state index contributed by atoms with van der Waals surface area (Å²) in [5, 5.41) is 5.32. The molecule has 0 saturated heterocycles. The molecule has 140 valence electrons. The van der Waals surface area contributed by atoms with Crippen molar-refractivity contribution in [2.24, 2.45) is 0 Å². The lowest BCUT2D eigenvalue weighted by atomic mass is 10.1. The number of benzene rings is 2. The largest absolute Gasteiger partial charge is 0.497 e. The van der Waals surface area contributed by atoms with Gasteiger partial charge in [0.25, 0.3) is 0 Å². The maximum Gasteiger partial charge on any atom is 0.319 e. The van der Waals surface area contributed by atoms with Crippen LogP contribution in [0.2, 0.25) is 0 Å². The topological polar surface area (TPSA) is 96.5 Å². The third-order valence-corrected chi connectivity index (χ3v) is 5.31. The predicted molar refractivity (Wildman–Crippen MR) is 101 cm³/mol. The number of carbonyl (C=O) groups excluding carboxylic acids is 1. The van der Waals surface area contributed by atoms with Crippen molar-refractivity contribution in [1.29, 1.82) is 0 Å². The molecule has 2 aromatic carbocycles. The Kier molecular flexibility index (Phi) is 6.59. The first kappa shape index (κ1) is 19.7. The highest BCUT2D eigenvalue weighted by Gasteiger charge is 2.13. The van der Waals surface area contributed by atoms with Crippen molar-refractivity contribution >= 4 is 21.7 Å². The molecule has 0 radical (unpaired) electrons. The van der Waals surface area contributed by atoms with Gasteiger partial charge >= 0.3 is 6.03 Å². The van der Waals surface area contributed by atoms with Gasteiger partial charge in [-0.2, -0.15) is 0 Å². The van der Waals surface area contributed by atoms with Crippen molar-refractivity contribution in [3.8, 4) is 5.75 Å². The van der Waals surface area contributed by atoms with Gasteiger partial charge in [-0.1, -0.05) is 6.07 Å². The average molecular weight is 377 g/mol. The smallest absolute Gasteiger partial charge is 0.319 e. The van der Waals surface area contributed by atoms with Crippen LogP contribution in [0.4, 0.5) is 10.5 Å². The molecule has 0 aromatic heterocycles. The molecule has 26 heavy (non-hydrogen) atoms. The number of methoxy groups -OCH3 is 1. The van der Waals surface area contributed by atoms with Gasteiger partial charge in [-0.05, 0) is 61.4 Å². The van der Waals surface area contributed by atoms with E-state index in [1.54, 1.807) is 12.1 Å². The average Bonchev–Trinajstić information content (AvgIpc) is 2.62. The Bertz CT molecular complexity index is 865. The van der Waals surface area contributed by atoms with Gasteiger partial charge in [-0.25, -0.2) is 17.9 Å². The van der Waals surface area contributed by atoms with E-state index in [9.17, 15) is 13.2 Å². The minimum absolute atomic E-state index is 0.0781. The number of nitrogens with one attached hydrogen (secondary N) is 3. The summed E-state index contributed by atoms with van der Waals surface area (Å²) in [5.41, 5.74) is 2.91. The Labute approximate surface area is 153 Å². The number of sulfonamides is 1. The zero-order chi connectivity index (χ0) is 19.2. The molecule has 2 rings (SSSR count). The van der Waals surface area contributed by atoms with Crippen LogP contribution in [0, 0.1) is 13.8 Å². The predicted octanol–water partition coefficient (Wildman–Crippen LogP) is 2.41. The van der Waals surface area contributed by atoms with E-state index in [-0.39, 0.29) is 18.0 Å². The number of urea groups is 1. The number of rotatable bonds is 7. The Morgan fingerprint density at radius 1 is 1.00 bits per heavy atom. The van der Waals surface area contributed by atoms with E-state index < -0.39 is 16.1 Å². The second kappa shape index (κ2) is 8.68. The molecule has 0 atom stereocenters. The van der Waals surface area contributed by atoms with Crippen LogP contribution in [-0.2, 0) is 10.0 Å². The summed E-state index contributed by atoms with van der Waals surface area (Å²) in [4.78, 5) is 12.0. The Hall–Kier alpha value is -2.58. The van der Waals surface area contributed by atoms with Crippen LogP contribution in [0.5, 0.6) is 5.75 Å². The first-order chi connectivity index (χ1) is 12.3. The lowest BCUT2D eigenvalue weighted by Gasteiger charge is -2.10. The molecular weight excluding hydrogens is 354 g/mol. The minimum Gasteiger partial charge on any atom is -0.497 e. The summed E-state index contributed by atoms with van der Waals surface area (Å²) in [6.07, 6.45) is 0. The molecule has 0 aliphatic carbocycles. The van der Waals surface area contributed by atoms with Gasteiger partial charge < -0.3 is 15.4 Å². The van der Waals surface area contributed by atoms with E-state index in [4.69, 9.17) is 4.74 Å². The summed E-state index contributed by atoms with van der Waals surface area (Å²) in [6, 6.07) is 11.3. The van der Waals surface area contributed by atoms with Crippen molar-refractivity contribution in [2.75, 3.05) is 25.5 Å². The fourth-order valence-electron chi connectivity index (χ4n) is 2.19. The molecule has 0 heterocycles. The molecule has 8 heteroatoms. The molecule has 0 aliphatic heterocycles. The Balaban J connectivity index is 1.79.